The predicted molar refractivity (Wildman–Crippen MR) is 91.4 cm³/mol. The van der Waals surface area contributed by atoms with Crippen LogP contribution in [0.25, 0.3) is 0 Å². The molecule has 23 heavy (non-hydrogen) atoms. The van der Waals surface area contributed by atoms with Crippen molar-refractivity contribution in [2.45, 2.75) is 40.0 Å². The number of likely N-dealkylation sites (tertiary alicyclic amines) is 1. The third-order valence-corrected chi connectivity index (χ3v) is 5.44. The van der Waals surface area contributed by atoms with Gasteiger partial charge in [-0.15, -0.1) is 0 Å². The number of amides is 2. The van der Waals surface area contributed by atoms with Crippen LogP contribution in [-0.4, -0.2) is 36.3 Å². The van der Waals surface area contributed by atoms with Gasteiger partial charge in [0.15, 0.2) is 0 Å². The number of benzene rings is 1. The molecule has 2 saturated heterocycles. The first-order valence-corrected chi connectivity index (χ1v) is 8.62. The Morgan fingerprint density at radius 2 is 1.87 bits per heavy atom. The van der Waals surface area contributed by atoms with Crippen molar-refractivity contribution in [2.24, 2.45) is 11.8 Å². The van der Waals surface area contributed by atoms with Gasteiger partial charge in [0.05, 0.1) is 5.92 Å². The predicted octanol–water partition coefficient (Wildman–Crippen LogP) is 2.91. The maximum absolute atomic E-state index is 12.7. The van der Waals surface area contributed by atoms with Crippen LogP contribution in [0, 0.1) is 25.7 Å². The Hall–Kier alpha value is -1.84. The second kappa shape index (κ2) is 6.34. The Morgan fingerprint density at radius 1 is 1.17 bits per heavy atom. The number of anilines is 1. The maximum atomic E-state index is 12.7. The molecule has 0 aromatic heterocycles. The van der Waals surface area contributed by atoms with Gasteiger partial charge >= 0.3 is 0 Å². The quantitative estimate of drug-likeness (QED) is 0.842. The second-order valence-corrected chi connectivity index (χ2v) is 7.13. The smallest absolute Gasteiger partial charge is 0.228 e. The lowest BCUT2D eigenvalue weighted by Crippen LogP contribution is -2.42. The molecule has 0 saturated carbocycles. The first-order chi connectivity index (χ1) is 11.0. The number of piperidine rings is 1. The maximum Gasteiger partial charge on any atom is 0.228 e. The summed E-state index contributed by atoms with van der Waals surface area (Å²) in [6, 6.07) is 6.01. The van der Waals surface area contributed by atoms with Crippen LogP contribution in [0.3, 0.4) is 0 Å². The molecule has 0 radical (unpaired) electrons. The molecule has 1 aromatic rings. The van der Waals surface area contributed by atoms with Crippen LogP contribution in [-0.2, 0) is 9.59 Å². The molecule has 1 aromatic carbocycles. The lowest BCUT2D eigenvalue weighted by Gasteiger charge is -2.32. The Morgan fingerprint density at radius 3 is 2.57 bits per heavy atom. The van der Waals surface area contributed by atoms with Crippen LogP contribution in [0.4, 0.5) is 5.69 Å². The van der Waals surface area contributed by atoms with Crippen LogP contribution < -0.4 is 4.90 Å². The van der Waals surface area contributed by atoms with Gasteiger partial charge in [0.2, 0.25) is 11.8 Å². The normalized spacial score (nSPS) is 22.7. The number of carbonyl (C=O) groups excluding carboxylic acids is 2. The van der Waals surface area contributed by atoms with Crippen molar-refractivity contribution in [2.75, 3.05) is 24.5 Å². The van der Waals surface area contributed by atoms with Crippen LogP contribution in [0.1, 0.15) is 37.3 Å². The van der Waals surface area contributed by atoms with E-state index in [1.54, 1.807) is 4.90 Å². The van der Waals surface area contributed by atoms with Crippen molar-refractivity contribution in [3.05, 3.63) is 29.3 Å². The number of nitrogens with zero attached hydrogens (tertiary/aromatic N) is 2. The fourth-order valence-electron chi connectivity index (χ4n) is 3.62. The highest BCUT2D eigenvalue weighted by Crippen LogP contribution is 2.30. The van der Waals surface area contributed by atoms with Gasteiger partial charge in [-0.3, -0.25) is 9.59 Å². The average molecular weight is 314 g/mol. The highest BCUT2D eigenvalue weighted by atomic mass is 16.2. The van der Waals surface area contributed by atoms with Crippen LogP contribution >= 0.6 is 0 Å². The Labute approximate surface area is 138 Å². The fraction of sp³-hybridized carbons (Fsp3) is 0.579. The monoisotopic (exact) mass is 314 g/mol. The summed E-state index contributed by atoms with van der Waals surface area (Å²) >= 11 is 0. The summed E-state index contributed by atoms with van der Waals surface area (Å²) in [5, 5.41) is 0. The first-order valence-electron chi connectivity index (χ1n) is 8.62. The van der Waals surface area contributed by atoms with E-state index in [1.807, 2.05) is 24.0 Å². The van der Waals surface area contributed by atoms with Crippen molar-refractivity contribution >= 4 is 17.5 Å². The number of rotatable bonds is 2. The van der Waals surface area contributed by atoms with E-state index in [1.165, 1.54) is 5.56 Å². The summed E-state index contributed by atoms with van der Waals surface area (Å²) in [6.45, 7) is 8.54. The van der Waals surface area contributed by atoms with Gasteiger partial charge in [-0.1, -0.05) is 19.1 Å². The number of hydrogen-bond acceptors (Lipinski definition) is 2. The van der Waals surface area contributed by atoms with Crippen molar-refractivity contribution in [1.29, 1.82) is 0 Å². The standard InChI is InChI=1S/C19H26N2O2/c1-13-7-9-20(10-8-13)19(23)16-11-18(22)21(12-16)17-6-4-5-14(2)15(17)3/h4-6,13,16H,7-12H2,1-3H3. The van der Waals surface area contributed by atoms with E-state index in [4.69, 9.17) is 0 Å². The summed E-state index contributed by atoms with van der Waals surface area (Å²) in [5.41, 5.74) is 3.26. The van der Waals surface area contributed by atoms with E-state index in [-0.39, 0.29) is 17.7 Å². The summed E-state index contributed by atoms with van der Waals surface area (Å²) < 4.78 is 0. The average Bonchev–Trinajstić information content (AvgIpc) is 2.92. The lowest BCUT2D eigenvalue weighted by atomic mass is 9.97. The molecule has 124 valence electrons. The molecular weight excluding hydrogens is 288 g/mol. The zero-order valence-corrected chi connectivity index (χ0v) is 14.3. The molecule has 4 nitrogen and oxygen atoms in total. The van der Waals surface area contributed by atoms with Gasteiger partial charge < -0.3 is 9.80 Å². The Kier molecular flexibility index (Phi) is 4.42. The highest BCUT2D eigenvalue weighted by molar-refractivity contribution is 6.00. The van der Waals surface area contributed by atoms with Gasteiger partial charge in [0.25, 0.3) is 0 Å². The minimum Gasteiger partial charge on any atom is -0.342 e. The summed E-state index contributed by atoms with van der Waals surface area (Å²) in [5.74, 6) is 0.756. The van der Waals surface area contributed by atoms with Gasteiger partial charge in [-0.2, -0.15) is 0 Å². The van der Waals surface area contributed by atoms with E-state index in [2.05, 4.69) is 19.9 Å². The molecule has 0 aliphatic carbocycles. The van der Waals surface area contributed by atoms with Crippen molar-refractivity contribution < 1.29 is 9.59 Å². The number of aryl methyl sites for hydroxylation is 1. The van der Waals surface area contributed by atoms with E-state index in [0.29, 0.717) is 18.9 Å². The summed E-state index contributed by atoms with van der Waals surface area (Å²) in [6.07, 6.45) is 2.50. The van der Waals surface area contributed by atoms with Crippen LogP contribution in [0.2, 0.25) is 0 Å². The second-order valence-electron chi connectivity index (χ2n) is 7.13. The largest absolute Gasteiger partial charge is 0.342 e. The molecule has 2 fully saturated rings. The molecule has 3 rings (SSSR count). The minimum absolute atomic E-state index is 0.0717. The number of carbonyl (C=O) groups is 2. The zero-order valence-electron chi connectivity index (χ0n) is 14.3. The SMILES string of the molecule is Cc1cccc(N2CC(C(=O)N3CCC(C)CC3)CC2=O)c1C. The summed E-state index contributed by atoms with van der Waals surface area (Å²) in [4.78, 5) is 28.9. The molecule has 2 heterocycles. The fourth-order valence-corrected chi connectivity index (χ4v) is 3.62. The van der Waals surface area contributed by atoms with Gasteiger partial charge in [-0.05, 0) is 49.8 Å². The van der Waals surface area contributed by atoms with E-state index >= 15 is 0 Å². The van der Waals surface area contributed by atoms with Crippen molar-refractivity contribution in [3.8, 4) is 0 Å². The molecule has 4 heteroatoms. The third kappa shape index (κ3) is 3.12. The minimum atomic E-state index is -0.184. The zero-order chi connectivity index (χ0) is 16.6. The van der Waals surface area contributed by atoms with Gasteiger partial charge in [0, 0.05) is 31.7 Å². The molecule has 1 atom stereocenters. The summed E-state index contributed by atoms with van der Waals surface area (Å²) in [7, 11) is 0. The van der Waals surface area contributed by atoms with Crippen LogP contribution in [0.5, 0.6) is 0 Å². The third-order valence-electron chi connectivity index (χ3n) is 5.44. The molecule has 0 bridgehead atoms. The molecule has 2 amide bonds. The van der Waals surface area contributed by atoms with E-state index in [9.17, 15) is 9.59 Å². The van der Waals surface area contributed by atoms with Crippen molar-refractivity contribution in [3.63, 3.8) is 0 Å². The molecule has 0 spiro atoms. The van der Waals surface area contributed by atoms with E-state index < -0.39 is 0 Å². The Balaban J connectivity index is 1.72. The molecule has 2 aliphatic rings. The lowest BCUT2D eigenvalue weighted by molar-refractivity contribution is -0.137. The topological polar surface area (TPSA) is 40.6 Å². The van der Waals surface area contributed by atoms with Crippen molar-refractivity contribution in [1.82, 2.24) is 4.90 Å². The van der Waals surface area contributed by atoms with Crippen LogP contribution in [0.15, 0.2) is 18.2 Å². The molecule has 2 aliphatic heterocycles. The molecule has 0 N–H and O–H groups in total. The number of hydrogen-bond donors (Lipinski definition) is 0. The highest BCUT2D eigenvalue weighted by Gasteiger charge is 2.38. The van der Waals surface area contributed by atoms with Gasteiger partial charge in [-0.25, -0.2) is 0 Å². The van der Waals surface area contributed by atoms with E-state index in [0.717, 1.165) is 37.2 Å². The Bertz CT molecular complexity index is 618. The molecule has 1 unspecified atom stereocenters. The molecular formula is C19H26N2O2. The van der Waals surface area contributed by atoms with Gasteiger partial charge in [0.1, 0.15) is 0 Å². The first kappa shape index (κ1) is 16.0.